The number of nitrogens with two attached hydrogens (primary N) is 1. The molecule has 12 heteroatoms. The van der Waals surface area contributed by atoms with Crippen molar-refractivity contribution in [2.75, 3.05) is 44.7 Å². The van der Waals surface area contributed by atoms with Gasteiger partial charge in [-0.2, -0.15) is 4.37 Å². The quantitative estimate of drug-likeness (QED) is 0.504. The zero-order valence-electron chi connectivity index (χ0n) is 18.5. The maximum Gasteiger partial charge on any atom is 0.319 e. The van der Waals surface area contributed by atoms with E-state index in [9.17, 15) is 18.4 Å². The van der Waals surface area contributed by atoms with E-state index in [1.54, 1.807) is 0 Å². The van der Waals surface area contributed by atoms with E-state index in [1.807, 2.05) is 6.92 Å². The molecule has 1 aromatic carbocycles. The van der Waals surface area contributed by atoms with Crippen molar-refractivity contribution >= 4 is 28.5 Å². The highest BCUT2D eigenvalue weighted by Gasteiger charge is 2.23. The third kappa shape index (κ3) is 6.83. The standard InChI is InChI=1S/C21H27F2N5O4S/c1-12(10-28-3-5-31-6-4-28)9-25-21(30)26-20-17(18(24)29)19(27-33-20)32-11-14-8-15(22)13(2)7-16(14)23/h7-8,12H,3-6,9-11H2,1-2H3,(H2,24,29)(H2,25,26,30). The van der Waals surface area contributed by atoms with Gasteiger partial charge < -0.3 is 20.5 Å². The molecule has 0 radical (unpaired) electrons. The van der Waals surface area contributed by atoms with Crippen molar-refractivity contribution in [1.82, 2.24) is 14.6 Å². The van der Waals surface area contributed by atoms with E-state index in [2.05, 4.69) is 19.9 Å². The van der Waals surface area contributed by atoms with Crippen molar-refractivity contribution in [1.29, 1.82) is 0 Å². The number of urea groups is 1. The molecule has 0 spiro atoms. The van der Waals surface area contributed by atoms with E-state index in [0.717, 1.165) is 43.3 Å². The smallest absolute Gasteiger partial charge is 0.319 e. The number of rotatable bonds is 9. The summed E-state index contributed by atoms with van der Waals surface area (Å²) in [5.74, 6) is -2.05. The van der Waals surface area contributed by atoms with Crippen LogP contribution >= 0.6 is 11.5 Å². The summed E-state index contributed by atoms with van der Waals surface area (Å²) in [5, 5.41) is 5.42. The van der Waals surface area contributed by atoms with Crippen LogP contribution in [0.5, 0.6) is 5.88 Å². The molecule has 3 amide bonds. The van der Waals surface area contributed by atoms with Crippen molar-refractivity contribution in [3.8, 4) is 5.88 Å². The molecule has 1 aliphatic heterocycles. The van der Waals surface area contributed by atoms with Crippen molar-refractivity contribution in [3.05, 3.63) is 40.5 Å². The van der Waals surface area contributed by atoms with Gasteiger partial charge >= 0.3 is 6.03 Å². The van der Waals surface area contributed by atoms with Gasteiger partial charge in [0.05, 0.1) is 13.2 Å². The molecule has 2 aromatic rings. The number of aryl methyl sites for hydroxylation is 1. The largest absolute Gasteiger partial charge is 0.471 e. The number of carbonyl (C=O) groups is 2. The first-order valence-corrected chi connectivity index (χ1v) is 11.2. The Bertz CT molecular complexity index is 997. The van der Waals surface area contributed by atoms with E-state index in [1.165, 1.54) is 6.92 Å². The predicted molar refractivity (Wildman–Crippen MR) is 120 cm³/mol. The number of aromatic nitrogens is 1. The summed E-state index contributed by atoms with van der Waals surface area (Å²) < 4.78 is 42.5. The second-order valence-corrected chi connectivity index (χ2v) is 8.66. The number of morpholine rings is 1. The van der Waals surface area contributed by atoms with Gasteiger partial charge in [-0.1, -0.05) is 6.92 Å². The minimum absolute atomic E-state index is 0.0389. The molecule has 4 N–H and O–H groups in total. The van der Waals surface area contributed by atoms with Crippen molar-refractivity contribution in [2.45, 2.75) is 20.5 Å². The maximum atomic E-state index is 14.0. The van der Waals surface area contributed by atoms with Gasteiger partial charge in [0.1, 0.15) is 28.8 Å². The van der Waals surface area contributed by atoms with Crippen LogP contribution in [0.2, 0.25) is 0 Å². The number of primary amides is 1. The molecule has 1 saturated heterocycles. The molecular formula is C21H27F2N5O4S. The van der Waals surface area contributed by atoms with Gasteiger partial charge in [-0.3, -0.25) is 15.0 Å². The number of hydrogen-bond acceptors (Lipinski definition) is 7. The molecule has 1 fully saturated rings. The zero-order valence-corrected chi connectivity index (χ0v) is 19.3. The highest BCUT2D eigenvalue weighted by Crippen LogP contribution is 2.31. The predicted octanol–water partition coefficient (Wildman–Crippen LogP) is 2.50. The average molecular weight is 484 g/mol. The molecule has 3 rings (SSSR count). The monoisotopic (exact) mass is 483 g/mol. The molecule has 1 atom stereocenters. The lowest BCUT2D eigenvalue weighted by atomic mass is 10.1. The normalized spacial score (nSPS) is 15.2. The average Bonchev–Trinajstić information content (AvgIpc) is 3.17. The van der Waals surface area contributed by atoms with Crippen LogP contribution in [0.25, 0.3) is 0 Å². The fourth-order valence-corrected chi connectivity index (χ4v) is 4.06. The molecule has 1 aromatic heterocycles. The highest BCUT2D eigenvalue weighted by molar-refractivity contribution is 7.11. The topological polar surface area (TPSA) is 119 Å². The molecule has 180 valence electrons. The third-order valence-corrected chi connectivity index (χ3v) is 5.86. The van der Waals surface area contributed by atoms with E-state index < -0.39 is 23.6 Å². The Morgan fingerprint density at radius 2 is 2.03 bits per heavy atom. The summed E-state index contributed by atoms with van der Waals surface area (Å²) in [6.07, 6.45) is 0. The Hall–Kier alpha value is -2.83. The van der Waals surface area contributed by atoms with Gasteiger partial charge in [0, 0.05) is 31.7 Å². The summed E-state index contributed by atoms with van der Waals surface area (Å²) in [6.45, 7) is 7.49. The summed E-state index contributed by atoms with van der Waals surface area (Å²) in [7, 11) is 0. The lowest BCUT2D eigenvalue weighted by Crippen LogP contribution is -2.42. The summed E-state index contributed by atoms with van der Waals surface area (Å²) in [6, 6.07) is 1.56. The van der Waals surface area contributed by atoms with Crippen molar-refractivity contribution in [2.24, 2.45) is 11.7 Å². The molecule has 1 unspecified atom stereocenters. The number of nitrogens with one attached hydrogen (secondary N) is 2. The first kappa shape index (κ1) is 24.8. The zero-order chi connectivity index (χ0) is 24.0. The van der Waals surface area contributed by atoms with Crippen LogP contribution in [-0.2, 0) is 11.3 Å². The number of halogens is 2. The maximum absolute atomic E-state index is 14.0. The number of hydrogen-bond donors (Lipinski definition) is 3. The third-order valence-electron chi connectivity index (χ3n) is 5.11. The Morgan fingerprint density at radius 3 is 2.73 bits per heavy atom. The van der Waals surface area contributed by atoms with Gasteiger partial charge in [0.2, 0.25) is 5.88 Å². The van der Waals surface area contributed by atoms with Crippen LogP contribution in [0, 0.1) is 24.5 Å². The molecular weight excluding hydrogens is 456 g/mol. The Morgan fingerprint density at radius 1 is 1.30 bits per heavy atom. The molecule has 2 heterocycles. The number of carbonyl (C=O) groups excluding carboxylic acids is 2. The minimum atomic E-state index is -0.870. The number of benzene rings is 1. The molecule has 33 heavy (non-hydrogen) atoms. The van der Waals surface area contributed by atoms with Gasteiger partial charge in [-0.25, -0.2) is 13.6 Å². The minimum Gasteiger partial charge on any atom is -0.471 e. The van der Waals surface area contributed by atoms with Gasteiger partial charge in [-0.15, -0.1) is 0 Å². The molecule has 9 nitrogen and oxygen atoms in total. The highest BCUT2D eigenvalue weighted by atomic mass is 32.1. The summed E-state index contributed by atoms with van der Waals surface area (Å²) in [5.41, 5.74) is 5.42. The lowest BCUT2D eigenvalue weighted by Gasteiger charge is -2.29. The van der Waals surface area contributed by atoms with Crippen LogP contribution in [0.15, 0.2) is 12.1 Å². The first-order valence-electron chi connectivity index (χ1n) is 10.5. The summed E-state index contributed by atoms with van der Waals surface area (Å²) >= 11 is 0.803. The van der Waals surface area contributed by atoms with Gasteiger partial charge in [-0.05, 0) is 42.1 Å². The molecule has 1 aliphatic rings. The fraction of sp³-hybridized carbons (Fsp3) is 0.476. The SMILES string of the molecule is Cc1cc(F)c(COc2nsc(NC(=O)NCC(C)CN3CCOCC3)c2C(N)=O)cc1F. The van der Waals surface area contributed by atoms with E-state index in [0.29, 0.717) is 19.8 Å². The van der Waals surface area contributed by atoms with Crippen molar-refractivity contribution in [3.63, 3.8) is 0 Å². The van der Waals surface area contributed by atoms with Crippen LogP contribution in [0.3, 0.4) is 0 Å². The van der Waals surface area contributed by atoms with Crippen LogP contribution < -0.4 is 21.1 Å². The number of anilines is 1. The Balaban J connectivity index is 1.56. The number of ether oxygens (including phenoxy) is 2. The van der Waals surface area contributed by atoms with Crippen LogP contribution in [-0.4, -0.2) is 60.6 Å². The van der Waals surface area contributed by atoms with Crippen LogP contribution in [0.4, 0.5) is 18.6 Å². The Kier molecular flexibility index (Phi) is 8.53. The van der Waals surface area contributed by atoms with E-state index >= 15 is 0 Å². The second kappa shape index (κ2) is 11.3. The Labute approximate surface area is 194 Å². The fourth-order valence-electron chi connectivity index (χ4n) is 3.32. The number of amides is 3. The second-order valence-electron chi connectivity index (χ2n) is 7.89. The van der Waals surface area contributed by atoms with Gasteiger partial charge in [0.15, 0.2) is 0 Å². The van der Waals surface area contributed by atoms with E-state index in [4.69, 9.17) is 15.2 Å². The van der Waals surface area contributed by atoms with Crippen molar-refractivity contribution < 1.29 is 27.8 Å². The first-order chi connectivity index (χ1) is 15.7. The molecule has 0 aliphatic carbocycles. The van der Waals surface area contributed by atoms with Crippen LogP contribution in [0.1, 0.15) is 28.4 Å². The molecule has 0 bridgehead atoms. The van der Waals surface area contributed by atoms with E-state index in [-0.39, 0.29) is 40.1 Å². The molecule has 0 saturated carbocycles. The lowest BCUT2D eigenvalue weighted by molar-refractivity contribution is 0.0320. The summed E-state index contributed by atoms with van der Waals surface area (Å²) in [4.78, 5) is 26.5. The van der Waals surface area contributed by atoms with Gasteiger partial charge in [0.25, 0.3) is 5.91 Å². The number of nitrogens with zero attached hydrogens (tertiary/aromatic N) is 2.